The third kappa shape index (κ3) is 21.1. The molecule has 18 nitrogen and oxygen atoms in total. The van der Waals surface area contributed by atoms with Crippen molar-refractivity contribution in [3.05, 3.63) is 148 Å². The Kier molecular flexibility index (Phi) is 22.5. The summed E-state index contributed by atoms with van der Waals surface area (Å²) in [6, 6.07) is 26.7. The fourth-order valence-corrected chi connectivity index (χ4v) is 4.28. The van der Waals surface area contributed by atoms with Gasteiger partial charge in [0.2, 0.25) is 0 Å². The molecule has 0 aliphatic heterocycles. The standard InChI is InChI=1S/C24H22N2O8.C22H22N2O6/c1-3-21(27)31-15-13-23(29)33-19-9-5-17(6-10-19)25-26-18-7-11-20(12-8-18)34-24(30)14-16-32-22(28)4-2;1-3-21(25)29-15-13-27-19-9-5-17(6-10-19)23-24-18-7-11-20(12-8-18)28-14-16-30-22(26)4-2/h3-12H,1-2,13-16H2;3-12H,1-2,13-16H2. The molecule has 0 bridgehead atoms. The Morgan fingerprint density at radius 1 is 0.359 bits per heavy atom. The molecule has 4 aromatic rings. The van der Waals surface area contributed by atoms with Crippen molar-refractivity contribution in [2.75, 3.05) is 39.6 Å². The highest BCUT2D eigenvalue weighted by Crippen LogP contribution is 2.25. The summed E-state index contributed by atoms with van der Waals surface area (Å²) in [4.78, 5) is 67.2. The largest absolute Gasteiger partial charge is 0.490 e. The quantitative estimate of drug-likeness (QED) is 0.0161. The van der Waals surface area contributed by atoms with E-state index in [1.807, 2.05) is 0 Å². The number of benzene rings is 4. The highest BCUT2D eigenvalue weighted by atomic mass is 16.6. The van der Waals surface area contributed by atoms with Crippen LogP contribution in [0.5, 0.6) is 23.0 Å². The maximum absolute atomic E-state index is 11.7. The van der Waals surface area contributed by atoms with Crippen molar-refractivity contribution in [2.24, 2.45) is 20.5 Å². The van der Waals surface area contributed by atoms with Crippen molar-refractivity contribution in [2.45, 2.75) is 12.8 Å². The lowest BCUT2D eigenvalue weighted by atomic mass is 10.3. The fourth-order valence-electron chi connectivity index (χ4n) is 4.28. The van der Waals surface area contributed by atoms with E-state index in [0.29, 0.717) is 45.7 Å². The van der Waals surface area contributed by atoms with E-state index in [-0.39, 0.29) is 52.5 Å². The molecule has 0 saturated carbocycles. The zero-order valence-electron chi connectivity index (χ0n) is 34.5. The number of hydrogen-bond acceptors (Lipinski definition) is 18. The van der Waals surface area contributed by atoms with E-state index in [1.165, 1.54) is 0 Å². The van der Waals surface area contributed by atoms with Gasteiger partial charge in [-0.05, 0) is 97.1 Å². The van der Waals surface area contributed by atoms with Crippen LogP contribution in [0.25, 0.3) is 0 Å². The summed E-state index contributed by atoms with van der Waals surface area (Å²) < 4.78 is 40.3. The highest BCUT2D eigenvalue weighted by molar-refractivity contribution is 5.82. The van der Waals surface area contributed by atoms with E-state index >= 15 is 0 Å². The first kappa shape index (κ1) is 49.8. The Balaban J connectivity index is 0.000000343. The van der Waals surface area contributed by atoms with Gasteiger partial charge in [0.25, 0.3) is 0 Å². The van der Waals surface area contributed by atoms with Crippen LogP contribution in [0, 0.1) is 0 Å². The molecule has 0 saturated heterocycles. The summed E-state index contributed by atoms with van der Waals surface area (Å²) in [5.74, 6) is -1.41. The van der Waals surface area contributed by atoms with Crippen LogP contribution < -0.4 is 18.9 Å². The van der Waals surface area contributed by atoms with Crippen molar-refractivity contribution in [1.82, 2.24) is 0 Å². The predicted molar refractivity (Wildman–Crippen MR) is 230 cm³/mol. The van der Waals surface area contributed by atoms with Gasteiger partial charge in [-0.15, -0.1) is 0 Å². The lowest BCUT2D eigenvalue weighted by molar-refractivity contribution is -0.143. The van der Waals surface area contributed by atoms with E-state index in [2.05, 4.69) is 46.8 Å². The topological polar surface area (TPSA) is 226 Å². The zero-order valence-corrected chi connectivity index (χ0v) is 34.5. The molecule has 332 valence electrons. The molecule has 0 aliphatic rings. The van der Waals surface area contributed by atoms with Crippen molar-refractivity contribution < 1.29 is 66.7 Å². The van der Waals surface area contributed by atoms with Gasteiger partial charge in [-0.2, -0.15) is 20.5 Å². The molecule has 0 fully saturated rings. The lowest BCUT2D eigenvalue weighted by Gasteiger charge is -2.06. The predicted octanol–water partition coefficient (Wildman–Crippen LogP) is 8.47. The van der Waals surface area contributed by atoms with Crippen molar-refractivity contribution in [1.29, 1.82) is 0 Å². The van der Waals surface area contributed by atoms with E-state index in [9.17, 15) is 28.8 Å². The van der Waals surface area contributed by atoms with E-state index in [1.54, 1.807) is 97.1 Å². The van der Waals surface area contributed by atoms with Gasteiger partial charge in [0.05, 0.1) is 35.6 Å². The van der Waals surface area contributed by atoms with E-state index in [0.717, 1.165) is 24.3 Å². The molecule has 0 radical (unpaired) electrons. The average molecular weight is 877 g/mol. The zero-order chi connectivity index (χ0) is 46.4. The molecular formula is C46H44N4O14. The summed E-state index contributed by atoms with van der Waals surface area (Å²) >= 11 is 0. The molecule has 0 N–H and O–H groups in total. The summed E-state index contributed by atoms with van der Waals surface area (Å²) in [7, 11) is 0. The van der Waals surface area contributed by atoms with Crippen LogP contribution in [0.3, 0.4) is 0 Å². The minimum Gasteiger partial charge on any atom is -0.490 e. The number of nitrogens with zero attached hydrogens (tertiary/aromatic N) is 4. The highest BCUT2D eigenvalue weighted by Gasteiger charge is 2.08. The normalized spacial score (nSPS) is 10.2. The second-order valence-corrected chi connectivity index (χ2v) is 12.0. The minimum absolute atomic E-state index is 0.0882. The van der Waals surface area contributed by atoms with Crippen molar-refractivity contribution >= 4 is 58.6 Å². The van der Waals surface area contributed by atoms with Crippen LogP contribution >= 0.6 is 0 Å². The Morgan fingerprint density at radius 2 is 0.609 bits per heavy atom. The Morgan fingerprint density at radius 3 is 0.875 bits per heavy atom. The van der Waals surface area contributed by atoms with Gasteiger partial charge in [0, 0.05) is 24.3 Å². The minimum atomic E-state index is -0.609. The second kappa shape index (κ2) is 28.8. The number of esters is 6. The number of ether oxygens (including phenoxy) is 8. The summed E-state index contributed by atoms with van der Waals surface area (Å²) in [5.41, 5.74) is 2.35. The Hall–Kier alpha value is -8.54. The van der Waals surface area contributed by atoms with E-state index in [4.69, 9.17) is 37.9 Å². The third-order valence-corrected chi connectivity index (χ3v) is 7.33. The third-order valence-electron chi connectivity index (χ3n) is 7.33. The molecule has 0 amide bonds. The summed E-state index contributed by atoms with van der Waals surface area (Å²) in [6.45, 7) is 13.7. The number of rotatable bonds is 24. The Bertz CT molecular complexity index is 2100. The molecule has 0 heterocycles. The molecule has 0 aliphatic carbocycles. The second-order valence-electron chi connectivity index (χ2n) is 12.0. The molecule has 0 aromatic heterocycles. The molecule has 4 aromatic carbocycles. The van der Waals surface area contributed by atoms with Crippen molar-refractivity contribution in [3.8, 4) is 23.0 Å². The molecule has 4 rings (SSSR count). The summed E-state index contributed by atoms with van der Waals surface area (Å²) in [5, 5.41) is 16.5. The molecule has 0 atom stereocenters. The monoisotopic (exact) mass is 876 g/mol. The number of hydrogen-bond donors (Lipinski definition) is 0. The van der Waals surface area contributed by atoms with Gasteiger partial charge in [-0.1, -0.05) is 26.3 Å². The lowest BCUT2D eigenvalue weighted by Crippen LogP contribution is -2.12. The maximum Gasteiger partial charge on any atom is 0.330 e. The Labute approximate surface area is 368 Å². The van der Waals surface area contributed by atoms with Gasteiger partial charge >= 0.3 is 35.8 Å². The number of azo groups is 2. The van der Waals surface area contributed by atoms with Crippen LogP contribution in [0.15, 0.2) is 168 Å². The van der Waals surface area contributed by atoms with Crippen LogP contribution in [-0.2, 0) is 47.7 Å². The molecule has 0 spiro atoms. The van der Waals surface area contributed by atoms with Gasteiger partial charge < -0.3 is 37.9 Å². The molecule has 18 heteroatoms. The van der Waals surface area contributed by atoms with Gasteiger partial charge in [0.15, 0.2) is 0 Å². The van der Waals surface area contributed by atoms with Crippen LogP contribution in [0.2, 0.25) is 0 Å². The summed E-state index contributed by atoms with van der Waals surface area (Å²) in [6.07, 6.45) is 4.05. The smallest absolute Gasteiger partial charge is 0.330 e. The fraction of sp³-hybridized carbons (Fsp3) is 0.174. The van der Waals surface area contributed by atoms with Crippen LogP contribution in [-0.4, -0.2) is 75.5 Å². The molecule has 0 unspecified atom stereocenters. The van der Waals surface area contributed by atoms with Crippen LogP contribution in [0.1, 0.15) is 12.8 Å². The van der Waals surface area contributed by atoms with Gasteiger partial charge in [0.1, 0.15) is 62.6 Å². The average Bonchev–Trinajstić information content (AvgIpc) is 3.31. The van der Waals surface area contributed by atoms with Gasteiger partial charge in [-0.3, -0.25) is 9.59 Å². The number of carbonyl (C=O) groups excluding carboxylic acids is 6. The van der Waals surface area contributed by atoms with E-state index < -0.39 is 35.8 Å². The van der Waals surface area contributed by atoms with Crippen molar-refractivity contribution in [3.63, 3.8) is 0 Å². The molecule has 64 heavy (non-hydrogen) atoms. The number of carbonyl (C=O) groups is 6. The van der Waals surface area contributed by atoms with Gasteiger partial charge in [-0.25, -0.2) is 19.2 Å². The maximum atomic E-state index is 11.7. The SMILES string of the molecule is C=CC(=O)OCCC(=O)Oc1ccc(N=Nc2ccc(OC(=O)CCOC(=O)C=C)cc2)cc1.C=CC(=O)OCCOc1ccc(N=Nc2ccc(OCCOC(=O)C=C)cc2)cc1. The molecular weight excluding hydrogens is 833 g/mol. The van der Waals surface area contributed by atoms with Crippen LogP contribution in [0.4, 0.5) is 22.7 Å². The first-order valence-corrected chi connectivity index (χ1v) is 19.1. The first-order chi connectivity index (χ1) is 31.0. The first-order valence-electron chi connectivity index (χ1n) is 19.1.